The summed E-state index contributed by atoms with van der Waals surface area (Å²) in [5, 5.41) is 8.91. The molecule has 0 bridgehead atoms. The van der Waals surface area contributed by atoms with Crippen LogP contribution in [-0.2, 0) is 14.8 Å². The molecule has 6 nitrogen and oxygen atoms in total. The highest BCUT2D eigenvalue weighted by Crippen LogP contribution is 2.23. The van der Waals surface area contributed by atoms with Gasteiger partial charge in [0, 0.05) is 15.7 Å². The van der Waals surface area contributed by atoms with E-state index in [9.17, 15) is 17.6 Å². The maximum atomic E-state index is 14.0. The molecule has 0 spiro atoms. The van der Waals surface area contributed by atoms with Gasteiger partial charge in [-0.3, -0.25) is 0 Å². The van der Waals surface area contributed by atoms with Gasteiger partial charge in [0.05, 0.1) is 4.90 Å². The summed E-state index contributed by atoms with van der Waals surface area (Å²) in [7, 11) is -3.98. The van der Waals surface area contributed by atoms with Gasteiger partial charge in [0.2, 0.25) is 10.0 Å². The van der Waals surface area contributed by atoms with Crippen LogP contribution in [0.2, 0.25) is 5.02 Å². The Morgan fingerprint density at radius 2 is 1.81 bits per heavy atom. The van der Waals surface area contributed by atoms with E-state index in [0.717, 1.165) is 11.8 Å². The molecule has 0 amide bonds. The van der Waals surface area contributed by atoms with Crippen molar-refractivity contribution < 1.29 is 27.4 Å². The number of carboxylic acid groups (broad SMARTS) is 1. The molecular weight excluding hydrogens is 405 g/mol. The molecule has 1 unspecified atom stereocenters. The SMILES string of the molecule is O=C(O)COc1ccc(SCC(F)NS(=O)(=O)c2ccc(Cl)cc2)cc1. The lowest BCUT2D eigenvalue weighted by molar-refractivity contribution is -0.139. The molecule has 140 valence electrons. The Morgan fingerprint density at radius 3 is 2.38 bits per heavy atom. The zero-order chi connectivity index (χ0) is 19.2. The number of aliphatic carboxylic acids is 1. The standard InChI is InChI=1S/C16H15ClFNO5S2/c17-11-1-7-14(8-2-11)26(22,23)19-15(18)10-25-13-5-3-12(4-6-13)24-9-16(20)21/h1-8,15,19H,9-10H2,(H,20,21). The molecule has 2 N–H and O–H groups in total. The molecular formula is C16H15ClFNO5S2. The van der Waals surface area contributed by atoms with E-state index in [4.69, 9.17) is 21.4 Å². The number of nitrogens with one attached hydrogen (secondary N) is 1. The van der Waals surface area contributed by atoms with Crippen LogP contribution >= 0.6 is 23.4 Å². The summed E-state index contributed by atoms with van der Waals surface area (Å²) in [5.41, 5.74) is 0. The fourth-order valence-corrected chi connectivity index (χ4v) is 3.86. The van der Waals surface area contributed by atoms with Crippen LogP contribution in [0.5, 0.6) is 5.75 Å². The van der Waals surface area contributed by atoms with Gasteiger partial charge in [-0.2, -0.15) is 4.72 Å². The quantitative estimate of drug-likeness (QED) is 0.479. The molecule has 0 radical (unpaired) electrons. The van der Waals surface area contributed by atoms with Crippen LogP contribution in [0.1, 0.15) is 0 Å². The lowest BCUT2D eigenvalue weighted by Gasteiger charge is -2.11. The first kappa shape index (κ1) is 20.5. The number of hydrogen-bond donors (Lipinski definition) is 2. The van der Waals surface area contributed by atoms with E-state index in [1.54, 1.807) is 24.3 Å². The lowest BCUT2D eigenvalue weighted by atomic mass is 10.3. The number of rotatable bonds is 9. The Hall–Kier alpha value is -1.81. The van der Waals surface area contributed by atoms with Crippen LogP contribution < -0.4 is 9.46 Å². The normalized spacial score (nSPS) is 12.5. The number of halogens is 2. The minimum absolute atomic E-state index is 0.0746. The Labute approximate surface area is 159 Å². The van der Waals surface area contributed by atoms with Gasteiger partial charge >= 0.3 is 5.97 Å². The number of benzene rings is 2. The monoisotopic (exact) mass is 419 g/mol. The second-order valence-electron chi connectivity index (χ2n) is 5.01. The summed E-state index contributed by atoms with van der Waals surface area (Å²) < 4.78 is 45.1. The van der Waals surface area contributed by atoms with Gasteiger partial charge in [-0.1, -0.05) is 11.6 Å². The second-order valence-corrected chi connectivity index (χ2v) is 8.25. The molecule has 2 aromatic rings. The summed E-state index contributed by atoms with van der Waals surface area (Å²) in [6, 6.07) is 11.8. The van der Waals surface area contributed by atoms with Crippen molar-refractivity contribution in [1.82, 2.24) is 4.72 Å². The smallest absolute Gasteiger partial charge is 0.341 e. The van der Waals surface area contributed by atoms with Gasteiger partial charge in [-0.15, -0.1) is 11.8 Å². The molecule has 0 fully saturated rings. The largest absolute Gasteiger partial charge is 0.482 e. The van der Waals surface area contributed by atoms with Crippen molar-refractivity contribution in [3.63, 3.8) is 0 Å². The third-order valence-electron chi connectivity index (χ3n) is 2.99. The summed E-state index contributed by atoms with van der Waals surface area (Å²) >= 11 is 6.81. The lowest BCUT2D eigenvalue weighted by Crippen LogP contribution is -2.33. The first-order chi connectivity index (χ1) is 12.3. The van der Waals surface area contributed by atoms with Gasteiger partial charge in [0.1, 0.15) is 5.75 Å². The van der Waals surface area contributed by atoms with Crippen molar-refractivity contribution in [2.24, 2.45) is 0 Å². The molecule has 0 aliphatic rings. The van der Waals surface area contributed by atoms with Crippen molar-refractivity contribution in [3.8, 4) is 5.75 Å². The summed E-state index contributed by atoms with van der Waals surface area (Å²) in [6.45, 7) is -0.453. The molecule has 0 saturated heterocycles. The van der Waals surface area contributed by atoms with E-state index in [2.05, 4.69) is 0 Å². The average molecular weight is 420 g/mol. The zero-order valence-electron chi connectivity index (χ0n) is 13.3. The van der Waals surface area contributed by atoms with Crippen molar-refractivity contribution >= 4 is 39.4 Å². The van der Waals surface area contributed by atoms with Gasteiger partial charge in [-0.05, 0) is 48.5 Å². The van der Waals surface area contributed by atoms with Crippen LogP contribution in [-0.4, -0.2) is 38.1 Å². The van der Waals surface area contributed by atoms with E-state index in [1.165, 1.54) is 24.3 Å². The van der Waals surface area contributed by atoms with Crippen molar-refractivity contribution in [2.75, 3.05) is 12.4 Å². The van der Waals surface area contributed by atoms with Gasteiger partial charge < -0.3 is 9.84 Å². The van der Waals surface area contributed by atoms with Crippen molar-refractivity contribution in [1.29, 1.82) is 0 Å². The molecule has 26 heavy (non-hydrogen) atoms. The maximum Gasteiger partial charge on any atom is 0.341 e. The highest BCUT2D eigenvalue weighted by atomic mass is 35.5. The number of hydrogen-bond acceptors (Lipinski definition) is 5. The van der Waals surface area contributed by atoms with Crippen LogP contribution in [0.3, 0.4) is 0 Å². The fraction of sp³-hybridized carbons (Fsp3) is 0.188. The van der Waals surface area contributed by atoms with E-state index in [-0.39, 0.29) is 10.6 Å². The maximum absolute atomic E-state index is 14.0. The number of carbonyl (C=O) groups is 1. The van der Waals surface area contributed by atoms with Gasteiger partial charge in [-0.25, -0.2) is 17.6 Å². The molecule has 0 heterocycles. The number of carboxylic acids is 1. The van der Waals surface area contributed by atoms with Gasteiger partial charge in [0.25, 0.3) is 0 Å². The number of sulfonamides is 1. The van der Waals surface area contributed by atoms with E-state index in [0.29, 0.717) is 15.7 Å². The average Bonchev–Trinajstić information content (AvgIpc) is 2.59. The Kier molecular flexibility index (Phi) is 7.27. The Balaban J connectivity index is 1.87. The highest BCUT2D eigenvalue weighted by Gasteiger charge is 2.19. The Morgan fingerprint density at radius 1 is 1.19 bits per heavy atom. The molecule has 0 saturated carbocycles. The summed E-state index contributed by atoms with van der Waals surface area (Å²) in [4.78, 5) is 11.0. The summed E-state index contributed by atoms with van der Waals surface area (Å²) in [5.74, 6) is -0.851. The zero-order valence-corrected chi connectivity index (χ0v) is 15.7. The predicted molar refractivity (Wildman–Crippen MR) is 97.0 cm³/mol. The Bertz CT molecular complexity index is 844. The third kappa shape index (κ3) is 6.49. The minimum Gasteiger partial charge on any atom is -0.482 e. The molecule has 0 aromatic heterocycles. The van der Waals surface area contributed by atoms with Gasteiger partial charge in [0.15, 0.2) is 12.9 Å². The first-order valence-corrected chi connectivity index (χ1v) is 10.1. The first-order valence-electron chi connectivity index (χ1n) is 7.26. The highest BCUT2D eigenvalue weighted by molar-refractivity contribution is 7.99. The molecule has 2 aromatic carbocycles. The van der Waals surface area contributed by atoms with E-state index in [1.807, 2.05) is 4.72 Å². The van der Waals surface area contributed by atoms with Crippen LogP contribution in [0, 0.1) is 0 Å². The van der Waals surface area contributed by atoms with Crippen LogP contribution in [0.4, 0.5) is 4.39 Å². The molecule has 0 aliphatic carbocycles. The number of alkyl halides is 1. The number of ether oxygens (including phenoxy) is 1. The second kappa shape index (κ2) is 9.22. The third-order valence-corrected chi connectivity index (χ3v) is 5.76. The molecule has 2 rings (SSSR count). The van der Waals surface area contributed by atoms with Crippen molar-refractivity contribution in [2.45, 2.75) is 16.1 Å². The minimum atomic E-state index is -3.98. The number of thioether (sulfide) groups is 1. The van der Waals surface area contributed by atoms with E-state index >= 15 is 0 Å². The van der Waals surface area contributed by atoms with Crippen molar-refractivity contribution in [3.05, 3.63) is 53.6 Å². The summed E-state index contributed by atoms with van der Waals surface area (Å²) in [6.07, 6.45) is -1.79. The van der Waals surface area contributed by atoms with E-state index < -0.39 is 28.9 Å². The molecule has 0 aliphatic heterocycles. The predicted octanol–water partition coefficient (Wildman–Crippen LogP) is 3.17. The molecule has 1 atom stereocenters. The topological polar surface area (TPSA) is 92.7 Å². The fourth-order valence-electron chi connectivity index (χ4n) is 1.83. The molecule has 10 heteroatoms. The van der Waals surface area contributed by atoms with Crippen LogP contribution in [0.15, 0.2) is 58.3 Å². The van der Waals surface area contributed by atoms with Crippen LogP contribution in [0.25, 0.3) is 0 Å².